The summed E-state index contributed by atoms with van der Waals surface area (Å²) in [6, 6.07) is 7.68. The number of alkyl halides is 1. The molecule has 1 saturated heterocycles. The van der Waals surface area contributed by atoms with Crippen molar-refractivity contribution in [2.45, 2.75) is 69.5 Å². The zero-order valence-corrected chi connectivity index (χ0v) is 24.1. The second-order valence-electron chi connectivity index (χ2n) is 10.1. The van der Waals surface area contributed by atoms with Crippen molar-refractivity contribution in [1.29, 1.82) is 0 Å². The molecule has 1 aliphatic heterocycles. The molecule has 5 N–H and O–H groups in total. The number of aliphatic hydroxyl groups is 1. The molecule has 0 radical (unpaired) electrons. The van der Waals surface area contributed by atoms with Gasteiger partial charge in [-0.25, -0.2) is 14.5 Å². The number of imidazole rings is 1. The number of ether oxygens (including phenoxy) is 2. The molecule has 0 amide bonds. The van der Waals surface area contributed by atoms with Gasteiger partial charge in [-0.15, -0.1) is 0 Å². The van der Waals surface area contributed by atoms with Gasteiger partial charge < -0.3 is 30.2 Å². The van der Waals surface area contributed by atoms with Crippen molar-refractivity contribution in [1.82, 2.24) is 24.6 Å². The highest BCUT2D eigenvalue weighted by Gasteiger charge is 2.85. The standard InChI is InChI=1S/C24H31FN7O6PS/c1-12(2)35-20(33)13(3)31-39(40,37-14-9-7-6-8-10-14)38-17-16-24(17,34)23(4,25)21(36-16)32-11-28-15-18(27-5)29-22(26)30-19(15)32/h6-13,16-17,21,34H,1-5H3,(H,31,40)(H3,26,27,29,30)/t13-,16-,17?,21-,23+,24+,39-/m1/s1. The summed E-state index contributed by atoms with van der Waals surface area (Å²) in [7, 11) is 1.64. The Bertz CT molecular complexity index is 1480. The van der Waals surface area contributed by atoms with Gasteiger partial charge in [-0.3, -0.25) is 13.9 Å². The molecular formula is C24H31FN7O6PS. The predicted octanol–water partition coefficient (Wildman–Crippen LogP) is 2.44. The summed E-state index contributed by atoms with van der Waals surface area (Å²) in [6.07, 6.45) is -2.62. The third kappa shape index (κ3) is 4.80. The third-order valence-corrected chi connectivity index (χ3v) is 9.22. The molecule has 216 valence electrons. The minimum atomic E-state index is -3.57. The summed E-state index contributed by atoms with van der Waals surface area (Å²) >= 11 is 5.73. The Morgan fingerprint density at radius 3 is 2.60 bits per heavy atom. The van der Waals surface area contributed by atoms with Crippen molar-refractivity contribution in [2.24, 2.45) is 0 Å². The number of hydrogen-bond acceptors (Lipinski definition) is 12. The van der Waals surface area contributed by atoms with Crippen LogP contribution in [0.4, 0.5) is 16.2 Å². The molecular weight excluding hydrogens is 564 g/mol. The second kappa shape index (κ2) is 10.2. The highest BCUT2D eigenvalue weighted by molar-refractivity contribution is 8.09. The lowest BCUT2D eigenvalue weighted by Crippen LogP contribution is -2.45. The summed E-state index contributed by atoms with van der Waals surface area (Å²) in [5.74, 6) is 0.113. The lowest BCUT2D eigenvalue weighted by Gasteiger charge is -2.33. The number of nitrogens with two attached hydrogens (primary N) is 1. The Hall–Kier alpha value is -2.94. The maximum atomic E-state index is 16.5. The van der Waals surface area contributed by atoms with E-state index < -0.39 is 48.4 Å². The Balaban J connectivity index is 1.40. The van der Waals surface area contributed by atoms with E-state index in [0.29, 0.717) is 17.1 Å². The first-order chi connectivity index (χ1) is 18.8. The molecule has 0 spiro atoms. The van der Waals surface area contributed by atoms with Crippen LogP contribution in [0.25, 0.3) is 11.2 Å². The van der Waals surface area contributed by atoms with Crippen LogP contribution in [0, 0.1) is 0 Å². The zero-order valence-electron chi connectivity index (χ0n) is 22.4. The summed E-state index contributed by atoms with van der Waals surface area (Å²) in [4.78, 5) is 25.1. The molecule has 16 heteroatoms. The largest absolute Gasteiger partial charge is 0.462 e. The van der Waals surface area contributed by atoms with Crippen molar-refractivity contribution < 1.29 is 32.8 Å². The number of para-hydroxylation sites is 1. The summed E-state index contributed by atoms with van der Waals surface area (Å²) in [5, 5.41) is 17.3. The normalized spacial score (nSPS) is 29.6. The molecule has 1 saturated carbocycles. The predicted molar refractivity (Wildman–Crippen MR) is 148 cm³/mol. The number of nitrogens with zero attached hydrogens (tertiary/aromatic N) is 4. The van der Waals surface area contributed by atoms with E-state index in [2.05, 4.69) is 25.4 Å². The number of anilines is 2. The van der Waals surface area contributed by atoms with Crippen LogP contribution in [0.2, 0.25) is 0 Å². The third-order valence-electron chi connectivity index (χ3n) is 6.76. The summed E-state index contributed by atoms with van der Waals surface area (Å²) in [5.41, 5.74) is 1.94. The number of benzene rings is 1. The number of nitrogens with one attached hydrogen (secondary N) is 2. The van der Waals surface area contributed by atoms with E-state index in [-0.39, 0.29) is 17.7 Å². The first kappa shape index (κ1) is 28.6. The van der Waals surface area contributed by atoms with Crippen LogP contribution < -0.4 is 20.7 Å². The van der Waals surface area contributed by atoms with Gasteiger partial charge in [-0.2, -0.15) is 9.97 Å². The molecule has 1 unspecified atom stereocenters. The van der Waals surface area contributed by atoms with Crippen LogP contribution in [0.15, 0.2) is 36.7 Å². The molecule has 1 aliphatic carbocycles. The van der Waals surface area contributed by atoms with E-state index in [1.807, 2.05) is 0 Å². The van der Waals surface area contributed by atoms with Crippen LogP contribution in [-0.2, 0) is 30.6 Å². The van der Waals surface area contributed by atoms with Crippen LogP contribution >= 0.6 is 6.64 Å². The number of halogens is 1. The van der Waals surface area contributed by atoms with Gasteiger partial charge in [0.2, 0.25) is 5.95 Å². The summed E-state index contributed by atoms with van der Waals surface area (Å²) in [6.45, 7) is 2.63. The minimum Gasteiger partial charge on any atom is -0.462 e. The number of rotatable bonds is 10. The molecule has 40 heavy (non-hydrogen) atoms. The average molecular weight is 596 g/mol. The molecule has 2 aromatic heterocycles. The van der Waals surface area contributed by atoms with Gasteiger partial charge in [0.25, 0.3) is 0 Å². The van der Waals surface area contributed by atoms with E-state index >= 15 is 4.39 Å². The number of aromatic nitrogens is 4. The zero-order chi connectivity index (χ0) is 29.0. The minimum absolute atomic E-state index is 0.0443. The lowest BCUT2D eigenvalue weighted by atomic mass is 9.97. The van der Waals surface area contributed by atoms with Gasteiger partial charge in [0.05, 0.1) is 12.4 Å². The molecule has 13 nitrogen and oxygen atoms in total. The highest BCUT2D eigenvalue weighted by atomic mass is 32.5. The fourth-order valence-corrected chi connectivity index (χ4v) is 7.44. The van der Waals surface area contributed by atoms with Gasteiger partial charge in [0.1, 0.15) is 24.0 Å². The number of fused-ring (bicyclic) bond motifs is 2. The van der Waals surface area contributed by atoms with E-state index in [9.17, 15) is 9.90 Å². The SMILES string of the molecule is CNc1nc(N)nc2c1ncn2[C@@H]1O[C@@H]2C(O[P@@](=S)(N[C@H](C)C(=O)OC(C)C)Oc3ccccc3)[C@]2(O)[C@@]1(C)F. The quantitative estimate of drug-likeness (QED) is 0.199. The van der Waals surface area contributed by atoms with E-state index in [1.165, 1.54) is 17.8 Å². The molecule has 0 bridgehead atoms. The molecule has 2 fully saturated rings. The maximum Gasteiger partial charge on any atom is 0.323 e. The Kier molecular flexibility index (Phi) is 7.26. The highest BCUT2D eigenvalue weighted by Crippen LogP contribution is 2.66. The second-order valence-corrected chi connectivity index (χ2v) is 13.2. The first-order valence-corrected chi connectivity index (χ1v) is 15.2. The van der Waals surface area contributed by atoms with Crippen molar-refractivity contribution in [3.63, 3.8) is 0 Å². The van der Waals surface area contributed by atoms with Crippen LogP contribution in [0.5, 0.6) is 5.75 Å². The lowest BCUT2D eigenvalue weighted by molar-refractivity contribution is -0.149. The number of nitrogen functional groups attached to an aromatic ring is 1. The summed E-state index contributed by atoms with van der Waals surface area (Å²) < 4.78 is 41.2. The smallest absolute Gasteiger partial charge is 0.323 e. The van der Waals surface area contributed by atoms with Crippen molar-refractivity contribution >= 4 is 47.3 Å². The Morgan fingerprint density at radius 1 is 1.30 bits per heavy atom. The van der Waals surface area contributed by atoms with Gasteiger partial charge >= 0.3 is 12.6 Å². The van der Waals surface area contributed by atoms with Crippen molar-refractivity contribution in [2.75, 3.05) is 18.1 Å². The number of carbonyl (C=O) groups is 1. The molecule has 2 aliphatic rings. The maximum absolute atomic E-state index is 16.5. The van der Waals surface area contributed by atoms with Crippen LogP contribution in [0.3, 0.4) is 0 Å². The molecule has 3 aromatic rings. The van der Waals surface area contributed by atoms with Gasteiger partial charge in [0.15, 0.2) is 34.5 Å². The van der Waals surface area contributed by atoms with Gasteiger partial charge in [0, 0.05) is 7.05 Å². The fraction of sp³-hybridized carbons (Fsp3) is 0.500. The molecule has 7 atom stereocenters. The van der Waals surface area contributed by atoms with E-state index in [0.717, 1.165) is 0 Å². The van der Waals surface area contributed by atoms with Gasteiger partial charge in [-0.05, 0) is 51.6 Å². The van der Waals surface area contributed by atoms with Crippen molar-refractivity contribution in [3.8, 4) is 5.75 Å². The van der Waals surface area contributed by atoms with Gasteiger partial charge in [-0.1, -0.05) is 18.2 Å². The average Bonchev–Trinajstić information content (AvgIpc) is 3.14. The Morgan fingerprint density at radius 2 is 2.00 bits per heavy atom. The fourth-order valence-electron chi connectivity index (χ4n) is 4.72. The van der Waals surface area contributed by atoms with E-state index in [4.69, 9.17) is 36.1 Å². The monoisotopic (exact) mass is 595 g/mol. The molecule has 1 aromatic carbocycles. The molecule has 3 heterocycles. The molecule has 5 rings (SSSR count). The first-order valence-electron chi connectivity index (χ1n) is 12.6. The number of hydrogen-bond donors (Lipinski definition) is 4. The van der Waals surface area contributed by atoms with E-state index in [1.54, 1.807) is 58.2 Å². The van der Waals surface area contributed by atoms with Crippen molar-refractivity contribution in [3.05, 3.63) is 36.7 Å². The van der Waals surface area contributed by atoms with Crippen LogP contribution in [-0.4, -0.2) is 73.3 Å². The van der Waals surface area contributed by atoms with Crippen LogP contribution in [0.1, 0.15) is 33.9 Å². The topological polar surface area (TPSA) is 168 Å². The Labute approximate surface area is 234 Å². The number of esters is 1. The number of carbonyl (C=O) groups excluding carboxylic acids is 1.